The molecule has 0 saturated carbocycles. The van der Waals surface area contributed by atoms with Crippen molar-refractivity contribution in [2.45, 2.75) is 13.8 Å². The van der Waals surface area contributed by atoms with Gasteiger partial charge in [-0.2, -0.15) is 5.26 Å². The molecule has 8 nitrogen and oxygen atoms in total. The number of halogens is 1. The van der Waals surface area contributed by atoms with Crippen LogP contribution in [0.3, 0.4) is 0 Å². The minimum Gasteiger partial charge on any atom is -0.506 e. The Labute approximate surface area is 140 Å². The van der Waals surface area contributed by atoms with Gasteiger partial charge in [-0.25, -0.2) is 0 Å². The van der Waals surface area contributed by atoms with Crippen LogP contribution in [0.4, 0.5) is 5.69 Å². The highest BCUT2D eigenvalue weighted by Gasteiger charge is 2.24. The minimum atomic E-state index is -0.838. The highest BCUT2D eigenvalue weighted by molar-refractivity contribution is 9.10. The number of hydrogen-bond donors (Lipinski definition) is 2. The van der Waals surface area contributed by atoms with Gasteiger partial charge in [-0.1, -0.05) is 0 Å². The third kappa shape index (κ3) is 3.78. The quantitative estimate of drug-likeness (QED) is 0.264. The van der Waals surface area contributed by atoms with Crippen LogP contribution in [-0.4, -0.2) is 39.0 Å². The van der Waals surface area contributed by atoms with Gasteiger partial charge in [-0.3, -0.25) is 14.9 Å². The SMILES string of the molecule is CCN(CC)C(=O)/C(C#N)=C(\O)c1cc(Br)c(O)c([N+](=O)[O-])c1. The molecule has 2 N–H and O–H groups in total. The molecule has 1 amide bonds. The summed E-state index contributed by atoms with van der Waals surface area (Å²) in [6.45, 7) is 4.12. The lowest BCUT2D eigenvalue weighted by Gasteiger charge is -2.18. The maximum absolute atomic E-state index is 12.2. The fourth-order valence-electron chi connectivity index (χ4n) is 1.88. The maximum atomic E-state index is 12.2. The number of aromatic hydroxyl groups is 1. The zero-order valence-corrected chi connectivity index (χ0v) is 14.0. The van der Waals surface area contributed by atoms with Crippen molar-refractivity contribution in [1.82, 2.24) is 4.90 Å². The molecular weight excluding hydrogens is 370 g/mol. The first-order valence-corrected chi connectivity index (χ1v) is 7.37. The summed E-state index contributed by atoms with van der Waals surface area (Å²) in [7, 11) is 0. The van der Waals surface area contributed by atoms with E-state index >= 15 is 0 Å². The predicted molar refractivity (Wildman–Crippen MR) is 85.6 cm³/mol. The number of amides is 1. The molecule has 0 saturated heterocycles. The van der Waals surface area contributed by atoms with Crippen LogP contribution in [0.1, 0.15) is 19.4 Å². The second-order valence-corrected chi connectivity index (χ2v) is 5.25. The van der Waals surface area contributed by atoms with Gasteiger partial charge in [-0.15, -0.1) is 0 Å². The predicted octanol–water partition coefficient (Wildman–Crippen LogP) is 2.72. The Bertz CT molecular complexity index is 720. The highest BCUT2D eigenvalue weighted by atomic mass is 79.9. The zero-order valence-electron chi connectivity index (χ0n) is 12.4. The van der Waals surface area contributed by atoms with E-state index in [9.17, 15) is 25.1 Å². The van der Waals surface area contributed by atoms with Crippen LogP contribution in [0, 0.1) is 21.4 Å². The molecule has 0 radical (unpaired) electrons. The summed E-state index contributed by atoms with van der Waals surface area (Å²) in [4.78, 5) is 23.6. The number of likely N-dealkylation sites (N-methyl/N-ethyl adjacent to an activating group) is 1. The van der Waals surface area contributed by atoms with Crippen molar-refractivity contribution in [3.8, 4) is 11.8 Å². The van der Waals surface area contributed by atoms with Crippen LogP contribution >= 0.6 is 15.9 Å². The number of nitrogens with zero attached hydrogens (tertiary/aromatic N) is 3. The van der Waals surface area contributed by atoms with Gasteiger partial charge >= 0.3 is 5.69 Å². The van der Waals surface area contributed by atoms with Gasteiger partial charge in [0.2, 0.25) is 5.75 Å². The van der Waals surface area contributed by atoms with Crippen molar-refractivity contribution in [2.75, 3.05) is 13.1 Å². The van der Waals surface area contributed by atoms with Crippen LogP contribution in [-0.2, 0) is 4.79 Å². The van der Waals surface area contributed by atoms with Crippen LogP contribution in [0.15, 0.2) is 22.2 Å². The normalized spacial score (nSPS) is 11.4. The van der Waals surface area contributed by atoms with E-state index in [1.54, 1.807) is 19.9 Å². The van der Waals surface area contributed by atoms with E-state index in [0.717, 1.165) is 6.07 Å². The molecule has 0 atom stereocenters. The van der Waals surface area contributed by atoms with Gasteiger partial charge < -0.3 is 15.1 Å². The number of nitriles is 1. The molecule has 0 aliphatic rings. The summed E-state index contributed by atoms with van der Waals surface area (Å²) >= 11 is 2.93. The molecule has 0 fully saturated rings. The molecular formula is C14H14BrN3O5. The number of phenols is 1. The van der Waals surface area contributed by atoms with E-state index in [1.807, 2.05) is 0 Å². The van der Waals surface area contributed by atoms with Gasteiger partial charge in [0.25, 0.3) is 5.91 Å². The average molecular weight is 384 g/mol. The third-order valence-corrected chi connectivity index (χ3v) is 3.73. The van der Waals surface area contributed by atoms with E-state index < -0.39 is 33.6 Å². The fraction of sp³-hybridized carbons (Fsp3) is 0.286. The number of benzene rings is 1. The van der Waals surface area contributed by atoms with Crippen LogP contribution in [0.5, 0.6) is 5.75 Å². The number of carbonyl (C=O) groups excluding carboxylic acids is 1. The molecule has 122 valence electrons. The number of phenolic OH excluding ortho intramolecular Hbond substituents is 1. The first-order valence-electron chi connectivity index (χ1n) is 6.58. The van der Waals surface area contributed by atoms with Crippen molar-refractivity contribution in [1.29, 1.82) is 5.26 Å². The molecule has 0 aromatic heterocycles. The van der Waals surface area contributed by atoms with Gasteiger partial charge in [-0.05, 0) is 35.8 Å². The Morgan fingerprint density at radius 2 is 2.00 bits per heavy atom. The van der Waals surface area contributed by atoms with E-state index in [-0.39, 0.29) is 10.0 Å². The largest absolute Gasteiger partial charge is 0.506 e. The number of aliphatic hydroxyl groups excluding tert-OH is 1. The minimum absolute atomic E-state index is 0.0409. The molecule has 9 heteroatoms. The molecule has 0 bridgehead atoms. The number of rotatable bonds is 5. The van der Waals surface area contributed by atoms with Crippen molar-refractivity contribution in [3.05, 3.63) is 37.9 Å². The summed E-state index contributed by atoms with van der Waals surface area (Å²) < 4.78 is -0.0409. The van der Waals surface area contributed by atoms with Gasteiger partial charge in [0.1, 0.15) is 11.8 Å². The monoisotopic (exact) mass is 383 g/mol. The molecule has 0 aliphatic heterocycles. The number of aliphatic hydroxyl groups is 1. The van der Waals surface area contributed by atoms with Crippen LogP contribution in [0.2, 0.25) is 0 Å². The average Bonchev–Trinajstić information content (AvgIpc) is 2.51. The molecule has 1 rings (SSSR count). The van der Waals surface area contributed by atoms with Crippen molar-refractivity contribution in [3.63, 3.8) is 0 Å². The Balaban J connectivity index is 3.51. The fourth-order valence-corrected chi connectivity index (χ4v) is 2.33. The number of hydrogen-bond acceptors (Lipinski definition) is 6. The van der Waals surface area contributed by atoms with E-state index in [4.69, 9.17) is 5.26 Å². The zero-order chi connectivity index (χ0) is 17.7. The first kappa shape index (κ1) is 18.4. The molecule has 0 unspecified atom stereocenters. The summed E-state index contributed by atoms with van der Waals surface area (Å²) in [5, 5.41) is 39.9. The lowest BCUT2D eigenvalue weighted by molar-refractivity contribution is -0.386. The third-order valence-electron chi connectivity index (χ3n) is 3.13. The number of nitro benzene ring substituents is 1. The molecule has 1 aromatic carbocycles. The Morgan fingerprint density at radius 1 is 1.43 bits per heavy atom. The van der Waals surface area contributed by atoms with Crippen LogP contribution < -0.4 is 0 Å². The van der Waals surface area contributed by atoms with Gasteiger partial charge in [0.15, 0.2) is 5.57 Å². The second kappa shape index (κ2) is 7.60. The number of nitro groups is 1. The maximum Gasteiger partial charge on any atom is 0.312 e. The lowest BCUT2D eigenvalue weighted by Crippen LogP contribution is -2.31. The molecule has 0 aliphatic carbocycles. The molecule has 1 aromatic rings. The topological polar surface area (TPSA) is 128 Å². The molecule has 0 heterocycles. The summed E-state index contributed by atoms with van der Waals surface area (Å²) in [6.07, 6.45) is 0. The van der Waals surface area contributed by atoms with Crippen LogP contribution in [0.25, 0.3) is 5.76 Å². The van der Waals surface area contributed by atoms with E-state index in [0.29, 0.717) is 13.1 Å². The lowest BCUT2D eigenvalue weighted by atomic mass is 10.1. The Morgan fingerprint density at radius 3 is 2.43 bits per heavy atom. The Hall–Kier alpha value is -2.60. The second-order valence-electron chi connectivity index (χ2n) is 4.40. The number of carbonyl (C=O) groups is 1. The Kier molecular flexibility index (Phi) is 6.10. The summed E-state index contributed by atoms with van der Waals surface area (Å²) in [6, 6.07) is 3.70. The first-order chi connectivity index (χ1) is 10.8. The standard InChI is InChI=1S/C14H14BrN3O5/c1-3-17(4-2)14(21)9(7-16)12(19)8-5-10(15)13(20)11(6-8)18(22)23/h5-6,19-20H,3-4H2,1-2H3/b12-9-. The van der Waals surface area contributed by atoms with Crippen molar-refractivity contribution < 1.29 is 19.9 Å². The van der Waals surface area contributed by atoms with Gasteiger partial charge in [0.05, 0.1) is 9.40 Å². The highest BCUT2D eigenvalue weighted by Crippen LogP contribution is 2.37. The smallest absolute Gasteiger partial charge is 0.312 e. The molecule has 23 heavy (non-hydrogen) atoms. The van der Waals surface area contributed by atoms with E-state index in [1.165, 1.54) is 11.0 Å². The summed E-state index contributed by atoms with van der Waals surface area (Å²) in [5.74, 6) is -1.98. The van der Waals surface area contributed by atoms with E-state index in [2.05, 4.69) is 15.9 Å². The summed E-state index contributed by atoms with van der Waals surface area (Å²) in [5.41, 5.74) is -1.31. The van der Waals surface area contributed by atoms with Crippen molar-refractivity contribution in [2.24, 2.45) is 0 Å². The van der Waals surface area contributed by atoms with Gasteiger partial charge in [0, 0.05) is 24.7 Å². The van der Waals surface area contributed by atoms with Crippen molar-refractivity contribution >= 4 is 33.3 Å². The molecule has 0 spiro atoms.